The van der Waals surface area contributed by atoms with Crippen LogP contribution in [0.1, 0.15) is 18.0 Å². The lowest BCUT2D eigenvalue weighted by Crippen LogP contribution is -2.31. The summed E-state index contributed by atoms with van der Waals surface area (Å²) in [5, 5.41) is 0.704. The molecular weight excluding hydrogens is 212 g/mol. The summed E-state index contributed by atoms with van der Waals surface area (Å²) in [7, 11) is 1.79. The first kappa shape index (κ1) is 10.5. The van der Waals surface area contributed by atoms with Crippen molar-refractivity contribution in [3.8, 4) is 0 Å². The van der Waals surface area contributed by atoms with E-state index in [4.69, 9.17) is 17.3 Å². The Morgan fingerprint density at radius 2 is 2.00 bits per heavy atom. The van der Waals surface area contributed by atoms with E-state index in [1.807, 2.05) is 24.3 Å². The van der Waals surface area contributed by atoms with E-state index >= 15 is 0 Å². The van der Waals surface area contributed by atoms with Crippen LogP contribution >= 0.6 is 11.6 Å². The molecule has 0 aliphatic carbocycles. The molecule has 0 saturated carbocycles. The van der Waals surface area contributed by atoms with Gasteiger partial charge in [-0.15, -0.1) is 0 Å². The highest BCUT2D eigenvalue weighted by Crippen LogP contribution is 2.31. The second-order valence-corrected chi connectivity index (χ2v) is 4.30. The van der Waals surface area contributed by atoms with Crippen molar-refractivity contribution in [3.05, 3.63) is 34.9 Å². The summed E-state index contributed by atoms with van der Waals surface area (Å²) in [4.78, 5) is 13.2. The predicted octanol–water partition coefficient (Wildman–Crippen LogP) is 1.57. The molecule has 1 aromatic rings. The van der Waals surface area contributed by atoms with Gasteiger partial charge in [0.15, 0.2) is 0 Å². The Morgan fingerprint density at radius 3 is 2.47 bits per heavy atom. The van der Waals surface area contributed by atoms with E-state index < -0.39 is 0 Å². The SMILES string of the molecule is CN1C(=O)[C@H](N)C[C@H]1c1ccc(Cl)cc1. The maximum atomic E-state index is 11.5. The van der Waals surface area contributed by atoms with Gasteiger partial charge in [-0.3, -0.25) is 4.79 Å². The minimum Gasteiger partial charge on any atom is -0.337 e. The topological polar surface area (TPSA) is 46.3 Å². The van der Waals surface area contributed by atoms with Crippen LogP contribution in [-0.2, 0) is 4.79 Å². The van der Waals surface area contributed by atoms with Crippen LogP contribution in [0.15, 0.2) is 24.3 Å². The van der Waals surface area contributed by atoms with Crippen molar-refractivity contribution in [2.24, 2.45) is 5.73 Å². The van der Waals surface area contributed by atoms with Crippen LogP contribution in [0, 0.1) is 0 Å². The van der Waals surface area contributed by atoms with Gasteiger partial charge in [0.05, 0.1) is 12.1 Å². The number of halogens is 1. The minimum absolute atomic E-state index is 0.00921. The number of rotatable bonds is 1. The fourth-order valence-electron chi connectivity index (χ4n) is 1.96. The van der Waals surface area contributed by atoms with Crippen LogP contribution < -0.4 is 5.73 Å². The molecule has 1 fully saturated rings. The van der Waals surface area contributed by atoms with Gasteiger partial charge in [0.2, 0.25) is 5.91 Å². The lowest BCUT2D eigenvalue weighted by Gasteiger charge is -2.19. The molecule has 1 saturated heterocycles. The van der Waals surface area contributed by atoms with Crippen LogP contribution in [-0.4, -0.2) is 23.9 Å². The molecule has 4 heteroatoms. The molecule has 0 aromatic heterocycles. The summed E-state index contributed by atoms with van der Waals surface area (Å²) in [5.74, 6) is 0.00921. The Labute approximate surface area is 93.8 Å². The summed E-state index contributed by atoms with van der Waals surface area (Å²) in [6.45, 7) is 0. The third-order valence-electron chi connectivity index (χ3n) is 2.86. The van der Waals surface area contributed by atoms with Gasteiger partial charge in [-0.1, -0.05) is 23.7 Å². The van der Waals surface area contributed by atoms with E-state index in [1.165, 1.54) is 0 Å². The van der Waals surface area contributed by atoms with Gasteiger partial charge in [-0.25, -0.2) is 0 Å². The molecule has 3 nitrogen and oxygen atoms in total. The van der Waals surface area contributed by atoms with Crippen LogP contribution in [0.2, 0.25) is 5.02 Å². The highest BCUT2D eigenvalue weighted by molar-refractivity contribution is 6.30. The predicted molar refractivity (Wildman–Crippen MR) is 59.6 cm³/mol. The number of carbonyl (C=O) groups excluding carboxylic acids is 1. The summed E-state index contributed by atoms with van der Waals surface area (Å²) in [6.07, 6.45) is 0.678. The molecule has 0 spiro atoms. The second kappa shape index (κ2) is 3.83. The number of carbonyl (C=O) groups is 1. The molecule has 1 amide bonds. The molecule has 2 atom stereocenters. The molecule has 15 heavy (non-hydrogen) atoms. The standard InChI is InChI=1S/C11H13ClN2O/c1-14-10(6-9(13)11(14)15)7-2-4-8(12)5-3-7/h2-5,9-10H,6,13H2,1H3/t9-,10+/m1/s1. The first-order chi connectivity index (χ1) is 7.09. The van der Waals surface area contributed by atoms with Gasteiger partial charge >= 0.3 is 0 Å². The second-order valence-electron chi connectivity index (χ2n) is 3.86. The van der Waals surface area contributed by atoms with E-state index in [0.29, 0.717) is 11.4 Å². The maximum absolute atomic E-state index is 11.5. The van der Waals surface area contributed by atoms with Crippen LogP contribution in [0.25, 0.3) is 0 Å². The van der Waals surface area contributed by atoms with E-state index in [0.717, 1.165) is 5.56 Å². The number of benzene rings is 1. The number of amides is 1. The number of nitrogens with zero attached hydrogens (tertiary/aromatic N) is 1. The Bertz CT molecular complexity index is 377. The Morgan fingerprint density at radius 1 is 1.40 bits per heavy atom. The van der Waals surface area contributed by atoms with Crippen molar-refractivity contribution in [2.45, 2.75) is 18.5 Å². The molecule has 1 aliphatic heterocycles. The number of likely N-dealkylation sites (N-methyl/N-ethyl adjacent to an activating group) is 1. The summed E-state index contributed by atoms with van der Waals surface area (Å²) in [5.41, 5.74) is 6.80. The van der Waals surface area contributed by atoms with Crippen molar-refractivity contribution in [2.75, 3.05) is 7.05 Å². The zero-order valence-electron chi connectivity index (χ0n) is 8.48. The molecule has 2 N–H and O–H groups in total. The monoisotopic (exact) mass is 224 g/mol. The van der Waals surface area contributed by atoms with Gasteiger partial charge in [-0.2, -0.15) is 0 Å². The Hall–Kier alpha value is -1.06. The summed E-state index contributed by atoms with van der Waals surface area (Å²) >= 11 is 5.81. The lowest BCUT2D eigenvalue weighted by molar-refractivity contribution is -0.128. The first-order valence-electron chi connectivity index (χ1n) is 4.87. The average molecular weight is 225 g/mol. The Balaban J connectivity index is 2.25. The van der Waals surface area contributed by atoms with Gasteiger partial charge in [0, 0.05) is 12.1 Å². The number of likely N-dealkylation sites (tertiary alicyclic amines) is 1. The van der Waals surface area contributed by atoms with Gasteiger partial charge < -0.3 is 10.6 Å². The van der Waals surface area contributed by atoms with Crippen LogP contribution in [0.4, 0.5) is 0 Å². The zero-order chi connectivity index (χ0) is 11.0. The van der Waals surface area contributed by atoms with Crippen molar-refractivity contribution in [1.82, 2.24) is 4.90 Å². The van der Waals surface area contributed by atoms with E-state index in [1.54, 1.807) is 11.9 Å². The molecule has 0 unspecified atom stereocenters. The fourth-order valence-corrected chi connectivity index (χ4v) is 2.09. The molecule has 1 aliphatic rings. The minimum atomic E-state index is -0.365. The highest BCUT2D eigenvalue weighted by Gasteiger charge is 2.35. The van der Waals surface area contributed by atoms with E-state index in [2.05, 4.69) is 0 Å². The molecule has 1 aromatic carbocycles. The third-order valence-corrected chi connectivity index (χ3v) is 3.12. The third kappa shape index (κ3) is 1.85. The number of nitrogens with two attached hydrogens (primary N) is 1. The first-order valence-corrected chi connectivity index (χ1v) is 5.25. The average Bonchev–Trinajstić information content (AvgIpc) is 2.47. The number of hydrogen-bond donors (Lipinski definition) is 1. The molecule has 2 rings (SSSR count). The van der Waals surface area contributed by atoms with E-state index in [-0.39, 0.29) is 18.0 Å². The summed E-state index contributed by atoms with van der Waals surface area (Å²) in [6, 6.07) is 7.27. The van der Waals surface area contributed by atoms with Gasteiger partial charge in [0.25, 0.3) is 0 Å². The molecule has 0 radical (unpaired) electrons. The summed E-state index contributed by atoms with van der Waals surface area (Å²) < 4.78 is 0. The fraction of sp³-hybridized carbons (Fsp3) is 0.364. The largest absolute Gasteiger partial charge is 0.337 e. The maximum Gasteiger partial charge on any atom is 0.239 e. The van der Waals surface area contributed by atoms with Crippen molar-refractivity contribution < 1.29 is 4.79 Å². The van der Waals surface area contributed by atoms with Gasteiger partial charge in [0.1, 0.15) is 0 Å². The van der Waals surface area contributed by atoms with Gasteiger partial charge in [-0.05, 0) is 24.1 Å². The normalized spacial score (nSPS) is 26.1. The van der Waals surface area contributed by atoms with Crippen LogP contribution in [0.3, 0.4) is 0 Å². The van der Waals surface area contributed by atoms with Crippen molar-refractivity contribution in [1.29, 1.82) is 0 Å². The Kier molecular flexibility index (Phi) is 2.67. The van der Waals surface area contributed by atoms with E-state index in [9.17, 15) is 4.79 Å². The van der Waals surface area contributed by atoms with Crippen LogP contribution in [0.5, 0.6) is 0 Å². The molecular formula is C11H13ClN2O. The molecule has 80 valence electrons. The number of hydrogen-bond acceptors (Lipinski definition) is 2. The zero-order valence-corrected chi connectivity index (χ0v) is 9.24. The van der Waals surface area contributed by atoms with Crippen molar-refractivity contribution in [3.63, 3.8) is 0 Å². The molecule has 0 bridgehead atoms. The smallest absolute Gasteiger partial charge is 0.239 e. The molecule has 1 heterocycles. The quantitative estimate of drug-likeness (QED) is 0.787. The highest BCUT2D eigenvalue weighted by atomic mass is 35.5. The lowest BCUT2D eigenvalue weighted by atomic mass is 10.0. The van der Waals surface area contributed by atoms with Crippen molar-refractivity contribution >= 4 is 17.5 Å².